The highest BCUT2D eigenvalue weighted by Gasteiger charge is 2.08. The van der Waals surface area contributed by atoms with Crippen molar-refractivity contribution in [1.82, 2.24) is 4.98 Å². The zero-order valence-electron chi connectivity index (χ0n) is 11.4. The van der Waals surface area contributed by atoms with Crippen LogP contribution in [0.2, 0.25) is 0 Å². The first-order valence-electron chi connectivity index (χ1n) is 6.52. The van der Waals surface area contributed by atoms with Crippen molar-refractivity contribution in [3.8, 4) is 5.75 Å². The van der Waals surface area contributed by atoms with Crippen LogP contribution in [0.4, 0.5) is 5.82 Å². The van der Waals surface area contributed by atoms with Crippen LogP contribution in [-0.4, -0.2) is 16.3 Å². The molecule has 1 heterocycles. The Labute approximate surface area is 131 Å². The quantitative estimate of drug-likeness (QED) is 0.683. The summed E-state index contributed by atoms with van der Waals surface area (Å²) in [7, 11) is 0. The number of hydrogen-bond acceptors (Lipinski definition) is 3. The summed E-state index contributed by atoms with van der Waals surface area (Å²) < 4.78 is 0.926. The SMILES string of the molecule is Cc1ccnc(N=Cc2cc(Br)c3ccccc3c2O)c1. The smallest absolute Gasteiger partial charge is 0.151 e. The van der Waals surface area contributed by atoms with E-state index in [-0.39, 0.29) is 5.75 Å². The number of aliphatic imine (C=N–C) groups is 1. The number of hydrogen-bond donors (Lipinski definition) is 1. The molecule has 0 unspecified atom stereocenters. The standard InChI is InChI=1S/C17H13BrN2O/c1-11-6-7-19-16(8-11)20-10-12-9-15(18)13-4-2-3-5-14(13)17(12)21/h2-10,21H,1H3. The van der Waals surface area contributed by atoms with Gasteiger partial charge in [0.2, 0.25) is 0 Å². The van der Waals surface area contributed by atoms with E-state index in [1.165, 1.54) is 0 Å². The summed E-state index contributed by atoms with van der Waals surface area (Å²) in [5.74, 6) is 0.851. The third-order valence-corrected chi connectivity index (χ3v) is 3.89. The van der Waals surface area contributed by atoms with Crippen LogP contribution in [0.1, 0.15) is 11.1 Å². The summed E-state index contributed by atoms with van der Waals surface area (Å²) in [5.41, 5.74) is 1.75. The molecule has 4 heteroatoms. The van der Waals surface area contributed by atoms with E-state index < -0.39 is 0 Å². The van der Waals surface area contributed by atoms with E-state index in [1.807, 2.05) is 49.4 Å². The molecule has 0 amide bonds. The molecule has 1 N–H and O–H groups in total. The van der Waals surface area contributed by atoms with Crippen LogP contribution >= 0.6 is 15.9 Å². The van der Waals surface area contributed by atoms with Crippen molar-refractivity contribution in [2.45, 2.75) is 6.92 Å². The van der Waals surface area contributed by atoms with Gasteiger partial charge in [-0.15, -0.1) is 0 Å². The van der Waals surface area contributed by atoms with Crippen molar-refractivity contribution in [2.75, 3.05) is 0 Å². The lowest BCUT2D eigenvalue weighted by molar-refractivity contribution is 0.481. The molecule has 0 radical (unpaired) electrons. The third-order valence-electron chi connectivity index (χ3n) is 3.23. The van der Waals surface area contributed by atoms with E-state index in [0.29, 0.717) is 11.4 Å². The van der Waals surface area contributed by atoms with E-state index in [1.54, 1.807) is 12.4 Å². The van der Waals surface area contributed by atoms with Crippen molar-refractivity contribution in [2.24, 2.45) is 4.99 Å². The van der Waals surface area contributed by atoms with Gasteiger partial charge in [-0.25, -0.2) is 9.98 Å². The number of aryl methyl sites for hydroxylation is 1. The average Bonchev–Trinajstić information content (AvgIpc) is 2.50. The molecule has 3 aromatic rings. The molecule has 2 aromatic carbocycles. The Morgan fingerprint density at radius 1 is 1.14 bits per heavy atom. The minimum atomic E-state index is 0.227. The van der Waals surface area contributed by atoms with Crippen LogP contribution in [0.15, 0.2) is 58.1 Å². The first kappa shape index (κ1) is 13.8. The lowest BCUT2D eigenvalue weighted by atomic mass is 10.1. The van der Waals surface area contributed by atoms with Crippen LogP contribution in [0, 0.1) is 6.92 Å². The fourth-order valence-corrected chi connectivity index (χ4v) is 2.75. The molecule has 0 saturated heterocycles. The van der Waals surface area contributed by atoms with E-state index >= 15 is 0 Å². The number of phenolic OH excluding ortho intramolecular Hbond substituents is 1. The lowest BCUT2D eigenvalue weighted by Gasteiger charge is -2.06. The van der Waals surface area contributed by atoms with Gasteiger partial charge in [-0.3, -0.25) is 0 Å². The summed E-state index contributed by atoms with van der Waals surface area (Å²) in [4.78, 5) is 8.51. The molecule has 0 aliphatic heterocycles. The molecule has 21 heavy (non-hydrogen) atoms. The summed E-state index contributed by atoms with van der Waals surface area (Å²) in [6.45, 7) is 1.99. The number of nitrogens with zero attached hydrogens (tertiary/aromatic N) is 2. The van der Waals surface area contributed by atoms with Crippen molar-refractivity contribution < 1.29 is 5.11 Å². The molecule has 0 aliphatic carbocycles. The molecule has 3 rings (SSSR count). The molecule has 0 atom stereocenters. The van der Waals surface area contributed by atoms with Crippen molar-refractivity contribution >= 4 is 38.7 Å². The monoisotopic (exact) mass is 340 g/mol. The minimum absolute atomic E-state index is 0.227. The number of aromatic hydroxyl groups is 1. The highest BCUT2D eigenvalue weighted by atomic mass is 79.9. The van der Waals surface area contributed by atoms with Crippen LogP contribution in [-0.2, 0) is 0 Å². The maximum atomic E-state index is 10.4. The van der Waals surface area contributed by atoms with Crippen molar-refractivity contribution in [1.29, 1.82) is 0 Å². The van der Waals surface area contributed by atoms with Gasteiger partial charge in [-0.2, -0.15) is 0 Å². The fourth-order valence-electron chi connectivity index (χ4n) is 2.16. The average molecular weight is 341 g/mol. The van der Waals surface area contributed by atoms with E-state index in [2.05, 4.69) is 25.9 Å². The Hall–Kier alpha value is -2.20. The topological polar surface area (TPSA) is 45.5 Å². The number of rotatable bonds is 2. The summed E-state index contributed by atoms with van der Waals surface area (Å²) in [6, 6.07) is 13.4. The van der Waals surface area contributed by atoms with Gasteiger partial charge in [0, 0.05) is 27.8 Å². The Morgan fingerprint density at radius 3 is 2.67 bits per heavy atom. The van der Waals surface area contributed by atoms with Gasteiger partial charge in [0.05, 0.1) is 0 Å². The molecule has 104 valence electrons. The van der Waals surface area contributed by atoms with Gasteiger partial charge in [0.25, 0.3) is 0 Å². The Morgan fingerprint density at radius 2 is 1.90 bits per heavy atom. The van der Waals surface area contributed by atoms with Crippen LogP contribution in [0.3, 0.4) is 0 Å². The summed E-state index contributed by atoms with van der Waals surface area (Å²) in [5, 5.41) is 12.1. The van der Waals surface area contributed by atoms with E-state index in [0.717, 1.165) is 20.8 Å². The van der Waals surface area contributed by atoms with Crippen LogP contribution < -0.4 is 0 Å². The number of phenols is 1. The predicted octanol–water partition coefficient (Wildman–Crippen LogP) is 4.76. The number of aromatic nitrogens is 1. The first-order chi connectivity index (χ1) is 10.1. The van der Waals surface area contributed by atoms with Gasteiger partial charge in [-0.05, 0) is 36.1 Å². The second-order valence-electron chi connectivity index (χ2n) is 4.79. The number of fused-ring (bicyclic) bond motifs is 1. The third kappa shape index (κ3) is 2.81. The van der Waals surface area contributed by atoms with Crippen molar-refractivity contribution in [3.63, 3.8) is 0 Å². The fraction of sp³-hybridized carbons (Fsp3) is 0.0588. The van der Waals surface area contributed by atoms with Crippen molar-refractivity contribution in [3.05, 3.63) is 64.3 Å². The molecule has 3 nitrogen and oxygen atoms in total. The lowest BCUT2D eigenvalue weighted by Crippen LogP contribution is -1.86. The molecule has 0 bridgehead atoms. The maximum Gasteiger partial charge on any atom is 0.151 e. The Bertz CT molecular complexity index is 843. The zero-order valence-corrected chi connectivity index (χ0v) is 13.0. The number of halogens is 1. The predicted molar refractivity (Wildman–Crippen MR) is 89.5 cm³/mol. The Kier molecular flexibility index (Phi) is 3.71. The Balaban J connectivity index is 2.07. The van der Waals surface area contributed by atoms with Gasteiger partial charge in [0.1, 0.15) is 5.75 Å². The van der Waals surface area contributed by atoms with Crippen LogP contribution in [0.5, 0.6) is 5.75 Å². The molecular formula is C17H13BrN2O. The van der Waals surface area contributed by atoms with E-state index in [9.17, 15) is 5.11 Å². The largest absolute Gasteiger partial charge is 0.507 e. The van der Waals surface area contributed by atoms with Gasteiger partial charge >= 0.3 is 0 Å². The minimum Gasteiger partial charge on any atom is -0.507 e. The normalized spacial score (nSPS) is 11.3. The molecule has 0 fully saturated rings. The number of pyridine rings is 1. The van der Waals surface area contributed by atoms with Gasteiger partial charge < -0.3 is 5.11 Å². The summed E-state index contributed by atoms with van der Waals surface area (Å²) >= 11 is 3.53. The maximum absolute atomic E-state index is 10.4. The molecule has 0 spiro atoms. The molecule has 0 aliphatic rings. The summed E-state index contributed by atoms with van der Waals surface area (Å²) in [6.07, 6.45) is 3.35. The highest BCUT2D eigenvalue weighted by molar-refractivity contribution is 9.10. The molecular weight excluding hydrogens is 328 g/mol. The highest BCUT2D eigenvalue weighted by Crippen LogP contribution is 2.33. The number of benzene rings is 2. The van der Waals surface area contributed by atoms with E-state index in [4.69, 9.17) is 0 Å². The molecule has 0 saturated carbocycles. The second-order valence-corrected chi connectivity index (χ2v) is 5.65. The van der Waals surface area contributed by atoms with Gasteiger partial charge in [-0.1, -0.05) is 40.2 Å². The van der Waals surface area contributed by atoms with Gasteiger partial charge in [0.15, 0.2) is 5.82 Å². The molecule has 1 aromatic heterocycles. The van der Waals surface area contributed by atoms with Crippen LogP contribution in [0.25, 0.3) is 10.8 Å². The first-order valence-corrected chi connectivity index (χ1v) is 7.31. The second kappa shape index (κ2) is 5.66. The zero-order chi connectivity index (χ0) is 14.8.